The molecule has 110 valence electrons. The molecule has 5 nitrogen and oxygen atoms in total. The number of nitrogens with two attached hydrogens (primary N) is 1. The highest BCUT2D eigenvalue weighted by Crippen LogP contribution is 2.42. The average molecular weight is 287 g/mol. The van der Waals surface area contributed by atoms with Crippen LogP contribution in [0.1, 0.15) is 30.5 Å². The molecule has 0 aliphatic carbocycles. The van der Waals surface area contributed by atoms with Gasteiger partial charge in [-0.15, -0.1) is 0 Å². The smallest absolute Gasteiger partial charge is 0.305 e. The maximum absolute atomic E-state index is 13.5. The number of carboxylic acid groups (broad SMARTS) is 1. The maximum Gasteiger partial charge on any atom is 0.305 e. The first kappa shape index (κ1) is 14.5. The standard InChI is InChI=1S/C13H15F2NO4/c1-13(14,15)7-4-8(9(16)6-11(17)18)12-10(5-7)19-2-3-20-12/h4-5,9H,2-3,6,16H2,1H3,(H,17,18). The van der Waals surface area contributed by atoms with Gasteiger partial charge in [0, 0.05) is 24.1 Å². The van der Waals surface area contributed by atoms with E-state index in [1.54, 1.807) is 0 Å². The lowest BCUT2D eigenvalue weighted by Crippen LogP contribution is -2.22. The second-order valence-corrected chi connectivity index (χ2v) is 4.68. The zero-order valence-electron chi connectivity index (χ0n) is 10.9. The second kappa shape index (κ2) is 5.24. The van der Waals surface area contributed by atoms with Crippen LogP contribution in [-0.4, -0.2) is 24.3 Å². The first-order chi connectivity index (χ1) is 9.29. The van der Waals surface area contributed by atoms with Crippen LogP contribution in [0.2, 0.25) is 0 Å². The third-order valence-corrected chi connectivity index (χ3v) is 2.97. The molecule has 3 N–H and O–H groups in total. The van der Waals surface area contributed by atoms with E-state index in [1.807, 2.05) is 0 Å². The molecule has 0 saturated heterocycles. The molecule has 1 heterocycles. The third-order valence-electron chi connectivity index (χ3n) is 2.97. The van der Waals surface area contributed by atoms with Crippen molar-refractivity contribution >= 4 is 5.97 Å². The molecule has 7 heteroatoms. The fourth-order valence-electron chi connectivity index (χ4n) is 2.01. The van der Waals surface area contributed by atoms with Crippen molar-refractivity contribution in [2.24, 2.45) is 5.73 Å². The van der Waals surface area contributed by atoms with E-state index in [1.165, 1.54) is 12.1 Å². The van der Waals surface area contributed by atoms with Gasteiger partial charge >= 0.3 is 5.97 Å². The molecule has 0 amide bonds. The van der Waals surface area contributed by atoms with Gasteiger partial charge in [0.2, 0.25) is 0 Å². The molecule has 1 unspecified atom stereocenters. The molecule has 0 aromatic heterocycles. The number of rotatable bonds is 4. The van der Waals surface area contributed by atoms with E-state index in [4.69, 9.17) is 20.3 Å². The van der Waals surface area contributed by atoms with E-state index in [0.29, 0.717) is 0 Å². The third kappa shape index (κ3) is 2.98. The Labute approximate surface area is 114 Å². The van der Waals surface area contributed by atoms with Gasteiger partial charge in [0.25, 0.3) is 5.92 Å². The summed E-state index contributed by atoms with van der Waals surface area (Å²) in [6.07, 6.45) is -0.380. The van der Waals surface area contributed by atoms with Crippen molar-refractivity contribution in [1.82, 2.24) is 0 Å². The van der Waals surface area contributed by atoms with Crippen molar-refractivity contribution in [3.63, 3.8) is 0 Å². The van der Waals surface area contributed by atoms with Crippen LogP contribution in [0.25, 0.3) is 0 Å². The highest BCUT2D eigenvalue weighted by atomic mass is 19.3. The number of hydrogen-bond donors (Lipinski definition) is 2. The molecule has 1 atom stereocenters. The van der Waals surface area contributed by atoms with Gasteiger partial charge in [-0.25, -0.2) is 8.78 Å². The largest absolute Gasteiger partial charge is 0.486 e. The summed E-state index contributed by atoms with van der Waals surface area (Å²) in [5.41, 5.74) is 5.71. The van der Waals surface area contributed by atoms with Crippen LogP contribution < -0.4 is 15.2 Å². The monoisotopic (exact) mass is 287 g/mol. The molecule has 1 aromatic carbocycles. The fourth-order valence-corrected chi connectivity index (χ4v) is 2.01. The van der Waals surface area contributed by atoms with Crippen molar-refractivity contribution in [1.29, 1.82) is 0 Å². The molecule has 1 aromatic rings. The quantitative estimate of drug-likeness (QED) is 0.885. The molecule has 0 fully saturated rings. The number of hydrogen-bond acceptors (Lipinski definition) is 4. The number of carboxylic acids is 1. The lowest BCUT2D eigenvalue weighted by molar-refractivity contribution is -0.137. The predicted molar refractivity (Wildman–Crippen MR) is 66.2 cm³/mol. The Kier molecular flexibility index (Phi) is 3.80. The zero-order chi connectivity index (χ0) is 14.9. The Morgan fingerprint density at radius 2 is 2.10 bits per heavy atom. The van der Waals surface area contributed by atoms with Crippen LogP contribution in [-0.2, 0) is 10.7 Å². The molecule has 1 aliphatic heterocycles. The Hall–Kier alpha value is -1.89. The predicted octanol–water partition coefficient (Wildman–Crippen LogP) is 2.04. The number of fused-ring (bicyclic) bond motifs is 1. The molecular formula is C13H15F2NO4. The van der Waals surface area contributed by atoms with Gasteiger partial charge in [-0.1, -0.05) is 0 Å². The molecule has 0 radical (unpaired) electrons. The van der Waals surface area contributed by atoms with Crippen molar-refractivity contribution in [2.75, 3.05) is 13.2 Å². The van der Waals surface area contributed by atoms with E-state index in [2.05, 4.69) is 0 Å². The Morgan fingerprint density at radius 1 is 1.45 bits per heavy atom. The summed E-state index contributed by atoms with van der Waals surface area (Å²) in [4.78, 5) is 10.7. The topological polar surface area (TPSA) is 81.8 Å². The summed E-state index contributed by atoms with van der Waals surface area (Å²) < 4.78 is 37.6. The van der Waals surface area contributed by atoms with Crippen molar-refractivity contribution in [3.8, 4) is 11.5 Å². The molecule has 20 heavy (non-hydrogen) atoms. The first-order valence-corrected chi connectivity index (χ1v) is 6.08. The number of aliphatic carboxylic acids is 1. The Balaban J connectivity index is 2.49. The van der Waals surface area contributed by atoms with Crippen LogP contribution in [0.3, 0.4) is 0 Å². The van der Waals surface area contributed by atoms with E-state index >= 15 is 0 Å². The highest BCUT2D eigenvalue weighted by molar-refractivity contribution is 5.68. The first-order valence-electron chi connectivity index (χ1n) is 6.08. The SMILES string of the molecule is CC(F)(F)c1cc2c(c(C(N)CC(=O)O)c1)OCCO2. The minimum atomic E-state index is -3.08. The van der Waals surface area contributed by atoms with E-state index in [-0.39, 0.29) is 42.3 Å². The number of alkyl halides is 2. The molecule has 1 aliphatic rings. The highest BCUT2D eigenvalue weighted by Gasteiger charge is 2.30. The minimum absolute atomic E-state index is 0.172. The number of ether oxygens (including phenoxy) is 2. The molecule has 0 saturated carbocycles. The molecular weight excluding hydrogens is 272 g/mol. The van der Waals surface area contributed by atoms with Crippen LogP contribution in [0.4, 0.5) is 8.78 Å². The summed E-state index contributed by atoms with van der Waals surface area (Å²) in [5, 5.41) is 8.78. The molecule has 0 spiro atoms. The minimum Gasteiger partial charge on any atom is -0.486 e. The number of benzene rings is 1. The van der Waals surface area contributed by atoms with Crippen LogP contribution in [0.15, 0.2) is 12.1 Å². The Bertz CT molecular complexity index is 528. The molecule has 2 rings (SSSR count). The van der Waals surface area contributed by atoms with E-state index in [9.17, 15) is 13.6 Å². The van der Waals surface area contributed by atoms with Gasteiger partial charge in [0.05, 0.1) is 6.42 Å². The fraction of sp³-hybridized carbons (Fsp3) is 0.462. The number of halogens is 2. The Morgan fingerprint density at radius 3 is 2.70 bits per heavy atom. The summed E-state index contributed by atoms with van der Waals surface area (Å²) in [6, 6.07) is 1.44. The van der Waals surface area contributed by atoms with E-state index in [0.717, 1.165) is 6.92 Å². The van der Waals surface area contributed by atoms with Crippen LogP contribution in [0, 0.1) is 0 Å². The maximum atomic E-state index is 13.5. The van der Waals surface area contributed by atoms with E-state index < -0.39 is 17.9 Å². The summed E-state index contributed by atoms with van der Waals surface area (Å²) in [7, 11) is 0. The molecule has 0 bridgehead atoms. The second-order valence-electron chi connectivity index (χ2n) is 4.68. The van der Waals surface area contributed by atoms with Gasteiger partial charge in [0.15, 0.2) is 11.5 Å². The lowest BCUT2D eigenvalue weighted by atomic mass is 9.97. The van der Waals surface area contributed by atoms with Gasteiger partial charge in [-0.2, -0.15) is 0 Å². The van der Waals surface area contributed by atoms with Crippen LogP contribution in [0.5, 0.6) is 11.5 Å². The van der Waals surface area contributed by atoms with Gasteiger partial charge in [-0.05, 0) is 12.1 Å². The zero-order valence-corrected chi connectivity index (χ0v) is 10.9. The van der Waals surface area contributed by atoms with Gasteiger partial charge < -0.3 is 20.3 Å². The summed E-state index contributed by atoms with van der Waals surface area (Å²) in [5.74, 6) is -3.77. The van der Waals surface area contributed by atoms with Crippen molar-refractivity contribution in [3.05, 3.63) is 23.3 Å². The summed E-state index contributed by atoms with van der Waals surface area (Å²) in [6.45, 7) is 1.27. The average Bonchev–Trinajstić information content (AvgIpc) is 2.35. The lowest BCUT2D eigenvalue weighted by Gasteiger charge is -2.25. The van der Waals surface area contributed by atoms with Gasteiger partial charge in [0.1, 0.15) is 13.2 Å². The van der Waals surface area contributed by atoms with Gasteiger partial charge in [-0.3, -0.25) is 4.79 Å². The summed E-state index contributed by atoms with van der Waals surface area (Å²) >= 11 is 0. The normalized spacial score (nSPS) is 15.8. The van der Waals surface area contributed by atoms with Crippen LogP contribution >= 0.6 is 0 Å². The van der Waals surface area contributed by atoms with Crippen molar-refractivity contribution in [2.45, 2.75) is 25.3 Å². The number of carbonyl (C=O) groups is 1. The van der Waals surface area contributed by atoms with Crippen molar-refractivity contribution < 1.29 is 28.2 Å².